The summed E-state index contributed by atoms with van der Waals surface area (Å²) in [5.74, 6) is 1.13. The summed E-state index contributed by atoms with van der Waals surface area (Å²) in [6.07, 6.45) is 1.31. The number of ether oxygens (including phenoxy) is 1. The molecular formula is C26H33N5O5S. The van der Waals surface area contributed by atoms with Crippen molar-refractivity contribution >= 4 is 21.6 Å². The van der Waals surface area contributed by atoms with E-state index in [0.29, 0.717) is 55.6 Å². The van der Waals surface area contributed by atoms with Crippen molar-refractivity contribution in [3.8, 4) is 17.1 Å². The van der Waals surface area contributed by atoms with E-state index < -0.39 is 10.0 Å². The first-order valence-electron chi connectivity index (χ1n) is 12.3. The van der Waals surface area contributed by atoms with Crippen LogP contribution in [0.15, 0.2) is 51.9 Å². The molecule has 0 aliphatic carbocycles. The Hall–Kier alpha value is -3.28. The number of rotatable bonds is 9. The van der Waals surface area contributed by atoms with E-state index in [1.807, 2.05) is 31.2 Å². The second-order valence-corrected chi connectivity index (χ2v) is 11.3. The van der Waals surface area contributed by atoms with E-state index in [1.54, 1.807) is 19.9 Å². The van der Waals surface area contributed by atoms with Crippen molar-refractivity contribution in [1.29, 1.82) is 0 Å². The predicted molar refractivity (Wildman–Crippen MR) is 140 cm³/mol. The van der Waals surface area contributed by atoms with Gasteiger partial charge in [0.05, 0.1) is 24.2 Å². The number of anilines is 1. The number of aryl methyl sites for hydroxylation is 1. The Bertz CT molecular complexity index is 1350. The minimum Gasteiger partial charge on any atom is -0.495 e. The van der Waals surface area contributed by atoms with E-state index in [-0.39, 0.29) is 22.8 Å². The van der Waals surface area contributed by atoms with Gasteiger partial charge in [-0.25, -0.2) is 13.1 Å². The smallest absolute Gasteiger partial charge is 0.241 e. The Kier molecular flexibility index (Phi) is 8.25. The average molecular weight is 528 g/mol. The minimum atomic E-state index is -3.71. The zero-order valence-electron chi connectivity index (χ0n) is 21.5. The van der Waals surface area contributed by atoms with Crippen LogP contribution in [-0.2, 0) is 21.4 Å². The Morgan fingerprint density at radius 1 is 1.19 bits per heavy atom. The summed E-state index contributed by atoms with van der Waals surface area (Å²) in [5, 5.41) is 6.98. The number of hydrogen-bond donors (Lipinski definition) is 2. The molecule has 1 aliphatic heterocycles. The van der Waals surface area contributed by atoms with Gasteiger partial charge in [-0.1, -0.05) is 28.9 Å². The number of nitrogens with one attached hydrogen (secondary N) is 2. The highest BCUT2D eigenvalue weighted by Gasteiger charge is 2.27. The van der Waals surface area contributed by atoms with Crippen LogP contribution in [0.3, 0.4) is 0 Å². The number of hydrogen-bond acceptors (Lipinski definition) is 8. The molecule has 2 N–H and O–H groups in total. The highest BCUT2D eigenvalue weighted by atomic mass is 32.2. The fourth-order valence-corrected chi connectivity index (χ4v) is 5.61. The molecule has 0 atom stereocenters. The van der Waals surface area contributed by atoms with Crippen molar-refractivity contribution in [3.05, 3.63) is 53.9 Å². The number of piperidine rings is 1. The van der Waals surface area contributed by atoms with Crippen LogP contribution in [0.1, 0.15) is 38.1 Å². The molecule has 1 fully saturated rings. The molecular weight excluding hydrogens is 494 g/mol. The van der Waals surface area contributed by atoms with E-state index in [1.165, 1.54) is 19.2 Å². The van der Waals surface area contributed by atoms with Crippen LogP contribution in [0, 0.1) is 12.8 Å². The number of benzene rings is 2. The summed E-state index contributed by atoms with van der Waals surface area (Å²) in [7, 11) is -2.23. The third-order valence-corrected chi connectivity index (χ3v) is 7.85. The Morgan fingerprint density at radius 3 is 2.62 bits per heavy atom. The summed E-state index contributed by atoms with van der Waals surface area (Å²) >= 11 is 0. The number of carbonyl (C=O) groups excluding carboxylic acids is 1. The topological polar surface area (TPSA) is 127 Å². The van der Waals surface area contributed by atoms with Crippen molar-refractivity contribution in [1.82, 2.24) is 19.8 Å². The molecule has 2 aromatic carbocycles. The van der Waals surface area contributed by atoms with Gasteiger partial charge in [0, 0.05) is 17.5 Å². The van der Waals surface area contributed by atoms with E-state index >= 15 is 0 Å². The van der Waals surface area contributed by atoms with Crippen LogP contribution in [0.4, 0.5) is 5.69 Å². The number of amides is 1. The van der Waals surface area contributed by atoms with Crippen LogP contribution >= 0.6 is 0 Å². The number of nitrogens with zero attached hydrogens (tertiary/aromatic N) is 3. The SMILES string of the molecule is COc1ccc(S(=O)(=O)NC(C)C)cc1NC(=O)C1CCN(Cc2nc(-c3cccc(C)c3)no2)CC1. The normalized spacial score (nSPS) is 15.2. The van der Waals surface area contributed by atoms with Crippen LogP contribution < -0.4 is 14.8 Å². The third kappa shape index (κ3) is 6.73. The summed E-state index contributed by atoms with van der Waals surface area (Å²) in [4.78, 5) is 19.8. The maximum Gasteiger partial charge on any atom is 0.241 e. The van der Waals surface area contributed by atoms with E-state index in [2.05, 4.69) is 25.1 Å². The fourth-order valence-electron chi connectivity index (χ4n) is 4.33. The molecule has 10 nitrogen and oxygen atoms in total. The molecule has 11 heteroatoms. The highest BCUT2D eigenvalue weighted by Crippen LogP contribution is 2.29. The Morgan fingerprint density at radius 2 is 1.95 bits per heavy atom. The Labute approximate surface area is 217 Å². The molecule has 198 valence electrons. The second kappa shape index (κ2) is 11.4. The summed E-state index contributed by atoms with van der Waals surface area (Å²) in [6.45, 7) is 7.43. The lowest BCUT2D eigenvalue weighted by atomic mass is 9.96. The monoisotopic (exact) mass is 527 g/mol. The number of sulfonamides is 1. The van der Waals surface area contributed by atoms with Crippen LogP contribution in [0.2, 0.25) is 0 Å². The molecule has 1 aliphatic rings. The molecule has 4 rings (SSSR count). The van der Waals surface area contributed by atoms with Crippen molar-refractivity contribution in [2.75, 3.05) is 25.5 Å². The standard InChI is InChI=1S/C26H33N5O5S/c1-17(2)30-37(33,34)21-8-9-23(35-4)22(15-21)27-26(32)19-10-12-31(13-11-19)16-24-28-25(29-36-24)20-7-5-6-18(3)14-20/h5-9,14-15,17,19,30H,10-13,16H2,1-4H3,(H,27,32). The lowest BCUT2D eigenvalue weighted by Gasteiger charge is -2.30. The molecule has 37 heavy (non-hydrogen) atoms. The van der Waals surface area contributed by atoms with Gasteiger partial charge in [-0.05, 0) is 71.0 Å². The second-order valence-electron chi connectivity index (χ2n) is 9.56. The maximum atomic E-state index is 13.0. The van der Waals surface area contributed by atoms with Crippen molar-refractivity contribution < 1.29 is 22.5 Å². The predicted octanol–water partition coefficient (Wildman–Crippen LogP) is 3.59. The van der Waals surface area contributed by atoms with Crippen molar-refractivity contribution in [3.63, 3.8) is 0 Å². The number of aromatic nitrogens is 2. The van der Waals surface area contributed by atoms with Crippen LogP contribution in [0.5, 0.6) is 5.75 Å². The van der Waals surface area contributed by atoms with E-state index in [0.717, 1.165) is 11.1 Å². The summed E-state index contributed by atoms with van der Waals surface area (Å²) < 4.78 is 38.5. The van der Waals surface area contributed by atoms with Gasteiger partial charge in [-0.3, -0.25) is 9.69 Å². The molecule has 0 unspecified atom stereocenters. The first-order valence-corrected chi connectivity index (χ1v) is 13.8. The number of likely N-dealkylation sites (tertiary alicyclic amines) is 1. The molecule has 3 aromatic rings. The summed E-state index contributed by atoms with van der Waals surface area (Å²) in [5.41, 5.74) is 2.37. The van der Waals surface area contributed by atoms with Crippen LogP contribution in [0.25, 0.3) is 11.4 Å². The largest absolute Gasteiger partial charge is 0.495 e. The van der Waals surface area contributed by atoms with Gasteiger partial charge in [0.2, 0.25) is 27.6 Å². The number of carbonyl (C=O) groups is 1. The average Bonchev–Trinajstić information content (AvgIpc) is 3.32. The van der Waals surface area contributed by atoms with Gasteiger partial charge >= 0.3 is 0 Å². The zero-order valence-corrected chi connectivity index (χ0v) is 22.3. The van der Waals surface area contributed by atoms with E-state index in [4.69, 9.17) is 9.26 Å². The fraction of sp³-hybridized carbons (Fsp3) is 0.423. The molecule has 2 heterocycles. The van der Waals surface area contributed by atoms with Gasteiger partial charge in [-0.2, -0.15) is 4.98 Å². The van der Waals surface area contributed by atoms with E-state index in [9.17, 15) is 13.2 Å². The first kappa shape index (κ1) is 26.8. The number of methoxy groups -OCH3 is 1. The van der Waals surface area contributed by atoms with Gasteiger partial charge in [0.25, 0.3) is 0 Å². The molecule has 1 aromatic heterocycles. The molecule has 0 saturated carbocycles. The molecule has 1 saturated heterocycles. The quantitative estimate of drug-likeness (QED) is 0.432. The van der Waals surface area contributed by atoms with Crippen molar-refractivity contribution in [2.24, 2.45) is 5.92 Å². The van der Waals surface area contributed by atoms with Crippen LogP contribution in [-0.4, -0.2) is 55.6 Å². The molecule has 0 spiro atoms. The van der Waals surface area contributed by atoms with Gasteiger partial charge in [0.1, 0.15) is 5.75 Å². The highest BCUT2D eigenvalue weighted by molar-refractivity contribution is 7.89. The lowest BCUT2D eigenvalue weighted by molar-refractivity contribution is -0.121. The lowest BCUT2D eigenvalue weighted by Crippen LogP contribution is -2.38. The molecule has 0 radical (unpaired) electrons. The third-order valence-electron chi connectivity index (χ3n) is 6.19. The molecule has 0 bridgehead atoms. The summed E-state index contributed by atoms with van der Waals surface area (Å²) in [6, 6.07) is 12.1. The van der Waals surface area contributed by atoms with Crippen molar-refractivity contribution in [2.45, 2.75) is 51.1 Å². The molecule has 1 amide bonds. The zero-order chi connectivity index (χ0) is 26.6. The van der Waals surface area contributed by atoms with Gasteiger partial charge in [0.15, 0.2) is 0 Å². The first-order chi connectivity index (χ1) is 17.6. The van der Waals surface area contributed by atoms with Gasteiger partial charge in [-0.15, -0.1) is 0 Å². The minimum absolute atomic E-state index is 0.0664. The van der Waals surface area contributed by atoms with Gasteiger partial charge < -0.3 is 14.6 Å². The Balaban J connectivity index is 1.35. The maximum absolute atomic E-state index is 13.0.